The van der Waals surface area contributed by atoms with Crippen LogP contribution in [0.2, 0.25) is 5.02 Å². The summed E-state index contributed by atoms with van der Waals surface area (Å²) in [7, 11) is 0. The highest BCUT2D eigenvalue weighted by Gasteiger charge is 2.15. The third-order valence-electron chi connectivity index (χ3n) is 3.64. The number of nitrogens with zero attached hydrogens (tertiary/aromatic N) is 2. The molecule has 8 nitrogen and oxygen atoms in total. The monoisotopic (exact) mass is 418 g/mol. The van der Waals surface area contributed by atoms with Crippen LogP contribution in [0.15, 0.2) is 53.1 Å². The van der Waals surface area contributed by atoms with Crippen LogP contribution in [-0.4, -0.2) is 41.7 Å². The first-order valence-corrected chi connectivity index (χ1v) is 8.92. The lowest BCUT2D eigenvalue weighted by Gasteiger charge is -2.07. The van der Waals surface area contributed by atoms with Gasteiger partial charge < -0.3 is 19.9 Å². The van der Waals surface area contributed by atoms with Crippen molar-refractivity contribution in [3.05, 3.63) is 65.3 Å². The van der Waals surface area contributed by atoms with Crippen LogP contribution in [-0.2, 0) is 4.79 Å². The number of hydrogen-bond donors (Lipinski definition) is 2. The number of aromatic nitrogens is 2. The molecule has 150 valence electrons. The minimum Gasteiger partial charge on any atom is -0.484 e. The Hall–Kier alpha value is -3.46. The first-order valence-electron chi connectivity index (χ1n) is 8.54. The highest BCUT2D eigenvalue weighted by Crippen LogP contribution is 2.16. The summed E-state index contributed by atoms with van der Waals surface area (Å²) in [6.07, 6.45) is 0. The second kappa shape index (κ2) is 9.65. The van der Waals surface area contributed by atoms with E-state index in [9.17, 15) is 14.0 Å². The van der Waals surface area contributed by atoms with E-state index in [-0.39, 0.29) is 37.3 Å². The molecular formula is C19H16ClFN4O4. The molecule has 3 rings (SSSR count). The van der Waals surface area contributed by atoms with Gasteiger partial charge >= 0.3 is 11.8 Å². The van der Waals surface area contributed by atoms with E-state index in [1.165, 1.54) is 24.3 Å². The SMILES string of the molecule is O=C(COc1ccc(Cl)cc1)NCCNC(=O)c1nc(-c2ccc(F)cc2)no1. The Bertz CT molecular complexity index is 977. The number of carbonyl (C=O) groups is 2. The van der Waals surface area contributed by atoms with Crippen LogP contribution in [0.3, 0.4) is 0 Å². The van der Waals surface area contributed by atoms with Gasteiger partial charge in [0.1, 0.15) is 11.6 Å². The Morgan fingerprint density at radius 1 is 1.03 bits per heavy atom. The van der Waals surface area contributed by atoms with Gasteiger partial charge in [0.15, 0.2) is 6.61 Å². The van der Waals surface area contributed by atoms with Crippen molar-refractivity contribution in [2.24, 2.45) is 0 Å². The summed E-state index contributed by atoms with van der Waals surface area (Å²) in [5.41, 5.74) is 0.516. The lowest BCUT2D eigenvalue weighted by atomic mass is 10.2. The molecule has 3 aromatic rings. The minimum atomic E-state index is -0.586. The van der Waals surface area contributed by atoms with Crippen LogP contribution in [0, 0.1) is 5.82 Å². The van der Waals surface area contributed by atoms with Crippen molar-refractivity contribution in [3.8, 4) is 17.1 Å². The van der Waals surface area contributed by atoms with Crippen LogP contribution >= 0.6 is 11.6 Å². The Balaban J connectivity index is 1.38. The van der Waals surface area contributed by atoms with E-state index in [1.54, 1.807) is 24.3 Å². The van der Waals surface area contributed by atoms with Crippen molar-refractivity contribution in [1.82, 2.24) is 20.8 Å². The van der Waals surface area contributed by atoms with Crippen molar-refractivity contribution in [2.75, 3.05) is 19.7 Å². The highest BCUT2D eigenvalue weighted by molar-refractivity contribution is 6.30. The summed E-state index contributed by atoms with van der Waals surface area (Å²) in [6, 6.07) is 12.1. The zero-order valence-electron chi connectivity index (χ0n) is 15.0. The van der Waals surface area contributed by atoms with Gasteiger partial charge in [0, 0.05) is 23.7 Å². The molecule has 29 heavy (non-hydrogen) atoms. The molecule has 0 radical (unpaired) electrons. The van der Waals surface area contributed by atoms with Gasteiger partial charge in [-0.2, -0.15) is 4.98 Å². The smallest absolute Gasteiger partial charge is 0.316 e. The van der Waals surface area contributed by atoms with Gasteiger partial charge in [0.25, 0.3) is 5.91 Å². The van der Waals surface area contributed by atoms with Gasteiger partial charge in [0.05, 0.1) is 0 Å². The molecule has 0 saturated carbocycles. The fourth-order valence-corrected chi connectivity index (χ4v) is 2.34. The molecule has 0 spiro atoms. The van der Waals surface area contributed by atoms with Crippen molar-refractivity contribution in [3.63, 3.8) is 0 Å². The van der Waals surface area contributed by atoms with E-state index >= 15 is 0 Å². The highest BCUT2D eigenvalue weighted by atomic mass is 35.5. The Labute approximate surface area is 170 Å². The predicted molar refractivity (Wildman–Crippen MR) is 102 cm³/mol. The van der Waals surface area contributed by atoms with Crippen LogP contribution in [0.4, 0.5) is 4.39 Å². The van der Waals surface area contributed by atoms with E-state index in [0.29, 0.717) is 16.3 Å². The second-order valence-corrected chi connectivity index (χ2v) is 6.21. The van der Waals surface area contributed by atoms with Crippen LogP contribution in [0.5, 0.6) is 5.75 Å². The number of carbonyl (C=O) groups excluding carboxylic acids is 2. The van der Waals surface area contributed by atoms with Crippen molar-refractivity contribution in [2.45, 2.75) is 0 Å². The lowest BCUT2D eigenvalue weighted by Crippen LogP contribution is -2.36. The van der Waals surface area contributed by atoms with Gasteiger partial charge in [-0.3, -0.25) is 9.59 Å². The fraction of sp³-hybridized carbons (Fsp3) is 0.158. The molecule has 0 aliphatic heterocycles. The van der Waals surface area contributed by atoms with Gasteiger partial charge in [-0.25, -0.2) is 4.39 Å². The Morgan fingerprint density at radius 2 is 1.72 bits per heavy atom. The zero-order valence-corrected chi connectivity index (χ0v) is 15.8. The van der Waals surface area contributed by atoms with Gasteiger partial charge in [-0.05, 0) is 48.5 Å². The standard InChI is InChI=1S/C19H16ClFN4O4/c20-13-3-7-15(8-4-13)28-11-16(26)22-9-10-23-18(27)19-24-17(25-29-19)12-1-5-14(21)6-2-12/h1-8H,9-11H2,(H,22,26)(H,23,27). The molecule has 10 heteroatoms. The minimum absolute atomic E-state index is 0.153. The van der Waals surface area contributed by atoms with Gasteiger partial charge in [-0.1, -0.05) is 16.8 Å². The molecule has 0 aliphatic rings. The maximum Gasteiger partial charge on any atom is 0.316 e. The number of amides is 2. The van der Waals surface area contributed by atoms with Crippen molar-refractivity contribution >= 4 is 23.4 Å². The second-order valence-electron chi connectivity index (χ2n) is 5.78. The van der Waals surface area contributed by atoms with Gasteiger partial charge in [0.2, 0.25) is 5.82 Å². The quantitative estimate of drug-likeness (QED) is 0.544. The first kappa shape index (κ1) is 20.3. The molecular weight excluding hydrogens is 403 g/mol. The summed E-state index contributed by atoms with van der Waals surface area (Å²) in [5, 5.41) is 9.40. The lowest BCUT2D eigenvalue weighted by molar-refractivity contribution is -0.123. The Morgan fingerprint density at radius 3 is 2.45 bits per heavy atom. The number of hydrogen-bond acceptors (Lipinski definition) is 6. The molecule has 2 aromatic carbocycles. The zero-order chi connectivity index (χ0) is 20.6. The van der Waals surface area contributed by atoms with E-state index in [2.05, 4.69) is 20.8 Å². The maximum absolute atomic E-state index is 12.9. The summed E-state index contributed by atoms with van der Waals surface area (Å²) >= 11 is 5.77. The number of halogens is 2. The van der Waals surface area contributed by atoms with E-state index in [4.69, 9.17) is 20.9 Å². The van der Waals surface area contributed by atoms with E-state index in [0.717, 1.165) is 0 Å². The maximum atomic E-state index is 12.9. The molecule has 0 aliphatic carbocycles. The largest absolute Gasteiger partial charge is 0.484 e. The first-order chi connectivity index (χ1) is 14.0. The molecule has 2 N–H and O–H groups in total. The average Bonchev–Trinajstić information content (AvgIpc) is 3.21. The molecule has 0 atom stereocenters. The summed E-state index contributed by atoms with van der Waals surface area (Å²) in [4.78, 5) is 27.7. The summed E-state index contributed by atoms with van der Waals surface area (Å²) in [5.74, 6) is -0.866. The molecule has 1 heterocycles. The summed E-state index contributed by atoms with van der Waals surface area (Å²) in [6.45, 7) is 0.174. The number of benzene rings is 2. The normalized spacial score (nSPS) is 10.4. The van der Waals surface area contributed by atoms with E-state index in [1.807, 2.05) is 0 Å². The van der Waals surface area contributed by atoms with E-state index < -0.39 is 11.7 Å². The van der Waals surface area contributed by atoms with Gasteiger partial charge in [-0.15, -0.1) is 0 Å². The fourth-order valence-electron chi connectivity index (χ4n) is 2.22. The third-order valence-corrected chi connectivity index (χ3v) is 3.89. The molecule has 0 saturated heterocycles. The molecule has 0 bridgehead atoms. The van der Waals surface area contributed by atoms with Crippen LogP contribution in [0.25, 0.3) is 11.4 Å². The van der Waals surface area contributed by atoms with Crippen molar-refractivity contribution < 1.29 is 23.2 Å². The molecule has 2 amide bonds. The molecule has 0 fully saturated rings. The number of ether oxygens (including phenoxy) is 1. The predicted octanol–water partition coefficient (Wildman–Crippen LogP) is 2.45. The van der Waals surface area contributed by atoms with Crippen LogP contribution in [0.1, 0.15) is 10.7 Å². The third kappa shape index (κ3) is 6.01. The molecule has 0 unspecified atom stereocenters. The van der Waals surface area contributed by atoms with Crippen molar-refractivity contribution in [1.29, 1.82) is 0 Å². The van der Waals surface area contributed by atoms with Crippen LogP contribution < -0.4 is 15.4 Å². The average molecular weight is 419 g/mol. The number of nitrogens with one attached hydrogen (secondary N) is 2. The number of rotatable bonds is 8. The summed E-state index contributed by atoms with van der Waals surface area (Å²) < 4.78 is 23.2. The Kier molecular flexibility index (Phi) is 6.75. The molecule has 1 aromatic heterocycles. The topological polar surface area (TPSA) is 106 Å².